The van der Waals surface area contributed by atoms with E-state index in [1.165, 1.54) is 0 Å². The number of hydrogen-bond acceptors (Lipinski definition) is 5. The number of carbonyl (C=O) groups excluding carboxylic acids is 1. The lowest BCUT2D eigenvalue weighted by molar-refractivity contribution is -0.240. The summed E-state index contributed by atoms with van der Waals surface area (Å²) in [4.78, 5) is 11.6. The van der Waals surface area contributed by atoms with Gasteiger partial charge in [0.25, 0.3) is 0 Å². The van der Waals surface area contributed by atoms with E-state index in [0.29, 0.717) is 31.3 Å². The van der Waals surface area contributed by atoms with Gasteiger partial charge < -0.3 is 20.1 Å². The molecule has 0 amide bonds. The first-order chi connectivity index (χ1) is 13.2. The monoisotopic (exact) mass is 390 g/mol. The van der Waals surface area contributed by atoms with Crippen molar-refractivity contribution in [1.29, 1.82) is 0 Å². The van der Waals surface area contributed by atoms with E-state index in [4.69, 9.17) is 4.74 Å². The Hall–Kier alpha value is -0.910. The van der Waals surface area contributed by atoms with Crippen LogP contribution in [0.25, 0.3) is 0 Å². The van der Waals surface area contributed by atoms with Crippen LogP contribution in [0.2, 0.25) is 0 Å². The number of carbonyl (C=O) groups is 1. The predicted octanol–water partition coefficient (Wildman–Crippen LogP) is 2.58. The Morgan fingerprint density at radius 2 is 1.86 bits per heavy atom. The van der Waals surface area contributed by atoms with Gasteiger partial charge in [-0.1, -0.05) is 13.8 Å². The van der Waals surface area contributed by atoms with Crippen molar-refractivity contribution in [2.24, 2.45) is 34.5 Å². The standard InChI is InChI=1S/C23H34O5/c1-21-6-3-15(24)10-14(21)11-18(25)20-17(21)4-7-22(2)16(5-8-23(20,22)27)13-9-19(26)28-12-13/h9,14-18,20,24-25,27H,3-8,10-12H2,1-2H3/t14-,15-,16+,17?,18-,20?,21-,22+,23-/m0/s1. The number of aliphatic hydroxyl groups is 3. The molecule has 0 aromatic heterocycles. The number of fused-ring (bicyclic) bond motifs is 5. The Morgan fingerprint density at radius 1 is 1.07 bits per heavy atom. The molecule has 0 aromatic carbocycles. The van der Waals surface area contributed by atoms with Gasteiger partial charge in [-0.2, -0.15) is 0 Å². The van der Waals surface area contributed by atoms with Gasteiger partial charge in [-0.25, -0.2) is 4.79 Å². The van der Waals surface area contributed by atoms with Crippen molar-refractivity contribution in [3.8, 4) is 0 Å². The Bertz CT molecular complexity index is 718. The average molecular weight is 391 g/mol. The van der Waals surface area contributed by atoms with Crippen LogP contribution < -0.4 is 0 Å². The number of cyclic esters (lactones) is 1. The summed E-state index contributed by atoms with van der Waals surface area (Å²) in [6.07, 6.45) is 7.59. The van der Waals surface area contributed by atoms with E-state index >= 15 is 0 Å². The van der Waals surface area contributed by atoms with Crippen molar-refractivity contribution in [3.63, 3.8) is 0 Å². The van der Waals surface area contributed by atoms with Crippen molar-refractivity contribution >= 4 is 5.97 Å². The third-order valence-corrected chi connectivity index (χ3v) is 9.96. The summed E-state index contributed by atoms with van der Waals surface area (Å²) in [6, 6.07) is 0. The van der Waals surface area contributed by atoms with Crippen LogP contribution in [0.5, 0.6) is 0 Å². The maximum atomic E-state index is 12.1. The first kappa shape index (κ1) is 19.1. The molecule has 5 nitrogen and oxygen atoms in total. The fourth-order valence-corrected chi connectivity index (χ4v) is 8.38. The average Bonchev–Trinajstić information content (AvgIpc) is 3.17. The van der Waals surface area contributed by atoms with Crippen molar-refractivity contribution in [2.75, 3.05) is 6.61 Å². The lowest BCUT2D eigenvalue weighted by atomic mass is 9.42. The highest BCUT2D eigenvalue weighted by molar-refractivity contribution is 5.85. The van der Waals surface area contributed by atoms with Gasteiger partial charge in [-0.05, 0) is 80.1 Å². The molecule has 156 valence electrons. The molecule has 0 spiro atoms. The van der Waals surface area contributed by atoms with E-state index < -0.39 is 11.7 Å². The summed E-state index contributed by atoms with van der Waals surface area (Å²) >= 11 is 0. The number of aliphatic hydroxyl groups excluding tert-OH is 2. The lowest BCUT2D eigenvalue weighted by Gasteiger charge is -2.64. The van der Waals surface area contributed by atoms with Crippen LogP contribution >= 0.6 is 0 Å². The third kappa shape index (κ3) is 2.33. The molecule has 1 heterocycles. The Balaban J connectivity index is 1.50. The minimum Gasteiger partial charge on any atom is -0.458 e. The van der Waals surface area contributed by atoms with Crippen LogP contribution in [0.15, 0.2) is 11.6 Å². The second-order valence-corrected chi connectivity index (χ2v) is 10.9. The van der Waals surface area contributed by atoms with Gasteiger partial charge >= 0.3 is 5.97 Å². The molecule has 5 heteroatoms. The summed E-state index contributed by atoms with van der Waals surface area (Å²) in [6.45, 7) is 4.87. The normalized spacial score (nSPS) is 55.8. The Morgan fingerprint density at radius 3 is 2.57 bits per heavy atom. The van der Waals surface area contributed by atoms with Crippen molar-refractivity contribution in [2.45, 2.75) is 83.0 Å². The van der Waals surface area contributed by atoms with Crippen molar-refractivity contribution in [3.05, 3.63) is 11.6 Å². The van der Waals surface area contributed by atoms with Crippen molar-refractivity contribution < 1.29 is 24.9 Å². The van der Waals surface area contributed by atoms with E-state index in [-0.39, 0.29) is 34.7 Å². The first-order valence-electron chi connectivity index (χ1n) is 11.1. The van der Waals surface area contributed by atoms with Gasteiger partial charge in [0.05, 0.1) is 17.8 Å². The topological polar surface area (TPSA) is 87.0 Å². The Kier molecular flexibility index (Phi) is 4.12. The maximum absolute atomic E-state index is 12.1. The van der Waals surface area contributed by atoms with Crippen LogP contribution in [-0.2, 0) is 9.53 Å². The molecule has 2 unspecified atom stereocenters. The summed E-state index contributed by atoms with van der Waals surface area (Å²) in [5.41, 5.74) is -0.121. The van der Waals surface area contributed by atoms with Crippen LogP contribution in [0.1, 0.15) is 65.2 Å². The molecule has 5 aliphatic rings. The highest BCUT2D eigenvalue weighted by Gasteiger charge is 2.69. The van der Waals surface area contributed by atoms with E-state index in [0.717, 1.165) is 44.1 Å². The summed E-state index contributed by atoms with van der Waals surface area (Å²) in [5, 5.41) is 33.5. The van der Waals surface area contributed by atoms with E-state index in [1.54, 1.807) is 6.08 Å². The van der Waals surface area contributed by atoms with Crippen LogP contribution in [0.4, 0.5) is 0 Å². The fourth-order valence-electron chi connectivity index (χ4n) is 8.38. The van der Waals surface area contributed by atoms with E-state index in [9.17, 15) is 20.1 Å². The maximum Gasteiger partial charge on any atom is 0.331 e. The number of rotatable bonds is 1. The number of hydrogen-bond donors (Lipinski definition) is 3. The minimum absolute atomic E-state index is 0.0873. The summed E-state index contributed by atoms with van der Waals surface area (Å²) in [5.74, 6) is 0.390. The van der Waals surface area contributed by atoms with Crippen LogP contribution in [0, 0.1) is 34.5 Å². The molecule has 3 N–H and O–H groups in total. The zero-order valence-corrected chi connectivity index (χ0v) is 17.1. The van der Waals surface area contributed by atoms with Gasteiger partial charge in [0.15, 0.2) is 0 Å². The largest absolute Gasteiger partial charge is 0.458 e. The SMILES string of the molecule is C[C@]12CC[C@H](O)C[C@H]1C[C@H](O)C1C2CC[C@]2(C)[C@@H](C3=CC(=O)OC3)CC[C@]12O. The molecule has 0 radical (unpaired) electrons. The lowest BCUT2D eigenvalue weighted by Crippen LogP contribution is -2.66. The quantitative estimate of drug-likeness (QED) is 0.599. The van der Waals surface area contributed by atoms with Gasteiger partial charge in [-0.3, -0.25) is 0 Å². The van der Waals surface area contributed by atoms with Crippen LogP contribution in [-0.4, -0.2) is 45.7 Å². The number of esters is 1. The van der Waals surface area contributed by atoms with Gasteiger partial charge in [-0.15, -0.1) is 0 Å². The minimum atomic E-state index is -0.906. The molecule has 0 bridgehead atoms. The summed E-state index contributed by atoms with van der Waals surface area (Å²) < 4.78 is 5.17. The molecule has 4 fully saturated rings. The Labute approximate surface area is 167 Å². The molecular weight excluding hydrogens is 356 g/mol. The molecule has 1 aliphatic heterocycles. The number of ether oxygens (including phenoxy) is 1. The van der Waals surface area contributed by atoms with Gasteiger partial charge in [0, 0.05) is 17.4 Å². The molecule has 4 aliphatic carbocycles. The molecule has 9 atom stereocenters. The fraction of sp³-hybridized carbons (Fsp3) is 0.870. The molecule has 4 saturated carbocycles. The summed E-state index contributed by atoms with van der Waals surface area (Å²) in [7, 11) is 0. The second kappa shape index (κ2) is 6.05. The van der Waals surface area contributed by atoms with E-state index in [2.05, 4.69) is 13.8 Å². The molecule has 28 heavy (non-hydrogen) atoms. The zero-order valence-electron chi connectivity index (χ0n) is 17.1. The highest BCUT2D eigenvalue weighted by atomic mass is 16.5. The highest BCUT2D eigenvalue weighted by Crippen LogP contribution is 2.69. The second-order valence-electron chi connectivity index (χ2n) is 10.9. The van der Waals surface area contributed by atoms with E-state index in [1.807, 2.05) is 0 Å². The van der Waals surface area contributed by atoms with Gasteiger partial charge in [0.2, 0.25) is 0 Å². The van der Waals surface area contributed by atoms with Crippen LogP contribution in [0.3, 0.4) is 0 Å². The predicted molar refractivity (Wildman–Crippen MR) is 103 cm³/mol. The molecule has 5 rings (SSSR count). The third-order valence-electron chi connectivity index (χ3n) is 9.96. The zero-order chi connectivity index (χ0) is 19.9. The molecular formula is C23H34O5. The smallest absolute Gasteiger partial charge is 0.331 e. The first-order valence-corrected chi connectivity index (χ1v) is 11.1. The van der Waals surface area contributed by atoms with Gasteiger partial charge in [0.1, 0.15) is 6.61 Å². The molecule has 0 aromatic rings. The van der Waals surface area contributed by atoms with Crippen molar-refractivity contribution in [1.82, 2.24) is 0 Å². The molecule has 0 saturated heterocycles.